The van der Waals surface area contributed by atoms with Crippen LogP contribution in [0.25, 0.3) is 0 Å². The van der Waals surface area contributed by atoms with E-state index in [-0.39, 0.29) is 31.7 Å². The zero-order chi connectivity index (χ0) is 15.3. The third-order valence-corrected chi connectivity index (χ3v) is 2.84. The average molecular weight is 287 g/mol. The van der Waals surface area contributed by atoms with Crippen molar-refractivity contribution >= 4 is 17.9 Å². The number of hydrogen-bond acceptors (Lipinski definition) is 4. The summed E-state index contributed by atoms with van der Waals surface area (Å²) in [6.45, 7) is 5.59. The number of nitrogens with zero attached hydrogens (tertiary/aromatic N) is 1. The lowest BCUT2D eigenvalue weighted by atomic mass is 10.2. The maximum absolute atomic E-state index is 12.0. The predicted octanol–water partition coefficient (Wildman–Crippen LogP) is -0.605. The average Bonchev–Trinajstić information content (AvgIpc) is 2.37. The summed E-state index contributed by atoms with van der Waals surface area (Å²) >= 11 is 0. The van der Waals surface area contributed by atoms with Crippen molar-refractivity contribution in [2.75, 3.05) is 19.8 Å². The third-order valence-electron chi connectivity index (χ3n) is 2.84. The van der Waals surface area contributed by atoms with Gasteiger partial charge in [-0.15, -0.1) is 0 Å². The van der Waals surface area contributed by atoms with E-state index in [0.29, 0.717) is 0 Å². The van der Waals surface area contributed by atoms with E-state index in [1.165, 1.54) is 4.90 Å². The topological polar surface area (TPSA) is 108 Å². The smallest absolute Gasteiger partial charge is 0.328 e. The molecule has 0 radical (unpaired) electrons. The van der Waals surface area contributed by atoms with Crippen LogP contribution in [-0.4, -0.2) is 65.8 Å². The number of ether oxygens (including phenoxy) is 1. The molecule has 0 aromatic rings. The van der Waals surface area contributed by atoms with Crippen molar-refractivity contribution in [2.45, 2.75) is 38.9 Å². The van der Waals surface area contributed by atoms with Crippen LogP contribution in [-0.2, 0) is 14.3 Å². The molecule has 1 aliphatic rings. The van der Waals surface area contributed by atoms with E-state index < -0.39 is 24.1 Å². The van der Waals surface area contributed by atoms with Crippen molar-refractivity contribution in [1.29, 1.82) is 0 Å². The van der Waals surface area contributed by atoms with Crippen LogP contribution in [0.5, 0.6) is 0 Å². The number of carboxylic acid groups (broad SMARTS) is 1. The number of morpholine rings is 1. The Bertz CT molecular complexity index is 385. The fraction of sp³-hybridized carbons (Fsp3) is 0.750. The lowest BCUT2D eigenvalue weighted by molar-refractivity contribution is -0.147. The number of carboxylic acids is 1. The molecule has 2 atom stereocenters. The van der Waals surface area contributed by atoms with E-state index in [4.69, 9.17) is 9.84 Å². The van der Waals surface area contributed by atoms with Crippen LogP contribution < -0.4 is 10.6 Å². The molecule has 0 aliphatic carbocycles. The van der Waals surface area contributed by atoms with E-state index in [2.05, 4.69) is 10.6 Å². The maximum Gasteiger partial charge on any atom is 0.328 e. The van der Waals surface area contributed by atoms with Gasteiger partial charge in [-0.2, -0.15) is 0 Å². The summed E-state index contributed by atoms with van der Waals surface area (Å²) < 4.78 is 5.05. The van der Waals surface area contributed by atoms with Gasteiger partial charge in [0.1, 0.15) is 6.04 Å². The van der Waals surface area contributed by atoms with Gasteiger partial charge < -0.3 is 25.4 Å². The summed E-state index contributed by atoms with van der Waals surface area (Å²) in [5.41, 5.74) is 0. The summed E-state index contributed by atoms with van der Waals surface area (Å²) in [7, 11) is 0. The predicted molar refractivity (Wildman–Crippen MR) is 70.2 cm³/mol. The minimum Gasteiger partial charge on any atom is -0.480 e. The summed E-state index contributed by atoms with van der Waals surface area (Å²) in [5.74, 6) is -1.44. The Kier molecular flexibility index (Phi) is 5.75. The Labute approximate surface area is 117 Å². The SMILES string of the molecule is CC(C)NC(=O)C(C)NC(=O)N1CCOCC1C(=O)O. The second-order valence-electron chi connectivity index (χ2n) is 4.96. The molecule has 1 saturated heterocycles. The molecule has 0 aromatic heterocycles. The quantitative estimate of drug-likeness (QED) is 0.639. The van der Waals surface area contributed by atoms with E-state index in [0.717, 1.165) is 0 Å². The first kappa shape index (κ1) is 16.2. The van der Waals surface area contributed by atoms with Gasteiger partial charge in [-0.3, -0.25) is 4.79 Å². The van der Waals surface area contributed by atoms with E-state index in [1.54, 1.807) is 6.92 Å². The van der Waals surface area contributed by atoms with Gasteiger partial charge in [0.05, 0.1) is 13.2 Å². The zero-order valence-corrected chi connectivity index (χ0v) is 11.9. The van der Waals surface area contributed by atoms with Gasteiger partial charge in [-0.05, 0) is 20.8 Å². The van der Waals surface area contributed by atoms with Crippen molar-refractivity contribution in [2.24, 2.45) is 0 Å². The highest BCUT2D eigenvalue weighted by Gasteiger charge is 2.33. The third kappa shape index (κ3) is 4.37. The van der Waals surface area contributed by atoms with Gasteiger partial charge in [0, 0.05) is 12.6 Å². The van der Waals surface area contributed by atoms with Crippen LogP contribution in [0.15, 0.2) is 0 Å². The molecule has 1 rings (SSSR count). The van der Waals surface area contributed by atoms with Gasteiger partial charge >= 0.3 is 12.0 Å². The molecular formula is C12H21N3O5. The Balaban J connectivity index is 2.60. The summed E-state index contributed by atoms with van der Waals surface area (Å²) in [6.07, 6.45) is 0. The van der Waals surface area contributed by atoms with Crippen LogP contribution in [0.2, 0.25) is 0 Å². The molecule has 1 fully saturated rings. The molecule has 0 bridgehead atoms. The Hall–Kier alpha value is -1.83. The van der Waals surface area contributed by atoms with Crippen LogP contribution >= 0.6 is 0 Å². The molecule has 3 N–H and O–H groups in total. The molecule has 1 aliphatic heterocycles. The van der Waals surface area contributed by atoms with E-state index >= 15 is 0 Å². The molecular weight excluding hydrogens is 266 g/mol. The van der Waals surface area contributed by atoms with Crippen molar-refractivity contribution in [3.8, 4) is 0 Å². The number of amides is 3. The van der Waals surface area contributed by atoms with Crippen molar-refractivity contribution in [3.05, 3.63) is 0 Å². The molecule has 0 saturated carbocycles. The lowest BCUT2D eigenvalue weighted by Gasteiger charge is -2.33. The first-order chi connectivity index (χ1) is 9.32. The fourth-order valence-corrected chi connectivity index (χ4v) is 1.79. The number of aliphatic carboxylic acids is 1. The van der Waals surface area contributed by atoms with E-state index in [9.17, 15) is 14.4 Å². The normalized spacial score (nSPS) is 20.4. The fourth-order valence-electron chi connectivity index (χ4n) is 1.79. The minimum atomic E-state index is -1.13. The van der Waals surface area contributed by atoms with Crippen LogP contribution in [0.3, 0.4) is 0 Å². The molecule has 8 nitrogen and oxygen atoms in total. The van der Waals surface area contributed by atoms with Crippen LogP contribution in [0.1, 0.15) is 20.8 Å². The van der Waals surface area contributed by atoms with Gasteiger partial charge in [0.15, 0.2) is 6.04 Å². The van der Waals surface area contributed by atoms with Crippen molar-refractivity contribution in [1.82, 2.24) is 15.5 Å². The Morgan fingerprint density at radius 1 is 1.25 bits per heavy atom. The molecule has 0 aromatic carbocycles. The highest BCUT2D eigenvalue weighted by Crippen LogP contribution is 2.07. The van der Waals surface area contributed by atoms with Gasteiger partial charge in [0.2, 0.25) is 5.91 Å². The van der Waals surface area contributed by atoms with E-state index in [1.807, 2.05) is 13.8 Å². The largest absolute Gasteiger partial charge is 0.480 e. The number of carbonyl (C=O) groups is 3. The van der Waals surface area contributed by atoms with Crippen molar-refractivity contribution < 1.29 is 24.2 Å². The number of urea groups is 1. The maximum atomic E-state index is 12.0. The molecule has 1 heterocycles. The highest BCUT2D eigenvalue weighted by molar-refractivity contribution is 5.88. The molecule has 0 spiro atoms. The minimum absolute atomic E-state index is 0.0305. The zero-order valence-electron chi connectivity index (χ0n) is 11.9. The van der Waals surface area contributed by atoms with Crippen molar-refractivity contribution in [3.63, 3.8) is 0 Å². The lowest BCUT2D eigenvalue weighted by Crippen LogP contribution is -2.58. The van der Waals surface area contributed by atoms with Crippen LogP contribution in [0.4, 0.5) is 4.79 Å². The summed E-state index contributed by atoms with van der Waals surface area (Å²) in [4.78, 5) is 36.0. The second kappa shape index (κ2) is 7.09. The van der Waals surface area contributed by atoms with Crippen LogP contribution in [0, 0.1) is 0 Å². The number of carbonyl (C=O) groups excluding carboxylic acids is 2. The highest BCUT2D eigenvalue weighted by atomic mass is 16.5. The monoisotopic (exact) mass is 287 g/mol. The molecule has 2 unspecified atom stereocenters. The Morgan fingerprint density at radius 2 is 1.90 bits per heavy atom. The van der Waals surface area contributed by atoms with Gasteiger partial charge in [-0.1, -0.05) is 0 Å². The molecule has 20 heavy (non-hydrogen) atoms. The van der Waals surface area contributed by atoms with Gasteiger partial charge in [-0.25, -0.2) is 9.59 Å². The molecule has 114 valence electrons. The number of nitrogens with one attached hydrogen (secondary N) is 2. The molecule has 3 amide bonds. The first-order valence-corrected chi connectivity index (χ1v) is 6.51. The Morgan fingerprint density at radius 3 is 2.45 bits per heavy atom. The number of hydrogen-bond donors (Lipinski definition) is 3. The first-order valence-electron chi connectivity index (χ1n) is 6.51. The second-order valence-corrected chi connectivity index (χ2v) is 4.96. The molecule has 8 heteroatoms. The number of rotatable bonds is 4. The summed E-state index contributed by atoms with van der Waals surface area (Å²) in [6, 6.07) is -2.37. The van der Waals surface area contributed by atoms with Gasteiger partial charge in [0.25, 0.3) is 0 Å². The summed E-state index contributed by atoms with van der Waals surface area (Å²) in [5, 5.41) is 14.2. The standard InChI is InChI=1S/C12H21N3O5/c1-7(2)13-10(16)8(3)14-12(19)15-4-5-20-6-9(15)11(17)18/h7-9H,4-6H2,1-3H3,(H,13,16)(H,14,19)(H,17,18).